The molecule has 0 unspecified atom stereocenters. The van der Waals surface area contributed by atoms with Crippen molar-refractivity contribution < 1.29 is 9.52 Å². The Bertz CT molecular complexity index is 1180. The molecule has 1 fully saturated rings. The van der Waals surface area contributed by atoms with Crippen LogP contribution in [0.25, 0.3) is 17.2 Å². The molecule has 4 heterocycles. The van der Waals surface area contributed by atoms with Crippen LogP contribution in [0.3, 0.4) is 0 Å². The van der Waals surface area contributed by atoms with E-state index in [9.17, 15) is 5.11 Å². The number of likely N-dealkylation sites (tertiary alicyclic amines) is 1. The highest BCUT2D eigenvalue weighted by Crippen LogP contribution is 2.28. The molecule has 1 saturated heterocycles. The zero-order valence-corrected chi connectivity index (χ0v) is 18.9. The number of hydrogen-bond donors (Lipinski definition) is 2. The van der Waals surface area contributed by atoms with Gasteiger partial charge < -0.3 is 14.8 Å². The van der Waals surface area contributed by atoms with Gasteiger partial charge in [-0.25, -0.2) is 9.97 Å². The van der Waals surface area contributed by atoms with E-state index in [4.69, 9.17) is 9.40 Å². The van der Waals surface area contributed by atoms with Gasteiger partial charge >= 0.3 is 0 Å². The van der Waals surface area contributed by atoms with Crippen molar-refractivity contribution >= 4 is 11.6 Å². The molecule has 1 aliphatic rings. The average molecular weight is 447 g/mol. The largest absolute Gasteiger partial charge is 0.461 e. The highest BCUT2D eigenvalue weighted by atomic mass is 16.3. The fourth-order valence-corrected chi connectivity index (χ4v) is 4.42. The molecule has 1 aliphatic heterocycles. The molecular weight excluding hydrogens is 416 g/mol. The molecule has 0 atom stereocenters. The minimum Gasteiger partial charge on any atom is -0.461 e. The van der Waals surface area contributed by atoms with E-state index in [1.54, 1.807) is 10.8 Å². The van der Waals surface area contributed by atoms with Gasteiger partial charge in [-0.05, 0) is 37.0 Å². The summed E-state index contributed by atoms with van der Waals surface area (Å²) in [5.41, 5.74) is 2.32. The lowest BCUT2D eigenvalue weighted by atomic mass is 9.85. The third-order valence-corrected chi connectivity index (χ3v) is 6.27. The summed E-state index contributed by atoms with van der Waals surface area (Å²) in [6.07, 6.45) is 6.68. The highest BCUT2D eigenvalue weighted by Gasteiger charge is 2.32. The smallest absolute Gasteiger partial charge is 0.225 e. The van der Waals surface area contributed by atoms with E-state index < -0.39 is 5.60 Å². The van der Waals surface area contributed by atoms with Crippen molar-refractivity contribution in [1.82, 2.24) is 24.5 Å². The third kappa shape index (κ3) is 4.77. The molecule has 0 saturated carbocycles. The summed E-state index contributed by atoms with van der Waals surface area (Å²) >= 11 is 0. The normalized spacial score (nSPS) is 16.3. The van der Waals surface area contributed by atoms with Crippen LogP contribution in [0, 0.1) is 0 Å². The third-order valence-electron chi connectivity index (χ3n) is 6.27. The first-order chi connectivity index (χ1) is 16.1. The van der Waals surface area contributed by atoms with E-state index in [0.29, 0.717) is 30.5 Å². The molecule has 0 spiro atoms. The van der Waals surface area contributed by atoms with Gasteiger partial charge in [-0.3, -0.25) is 4.90 Å². The maximum absolute atomic E-state index is 11.1. The number of hydrogen-bond acceptors (Lipinski definition) is 7. The van der Waals surface area contributed by atoms with Crippen molar-refractivity contribution in [3.05, 3.63) is 66.1 Å². The quantitative estimate of drug-likeness (QED) is 0.426. The van der Waals surface area contributed by atoms with Crippen LogP contribution in [0.5, 0.6) is 0 Å². The molecule has 2 N–H and O–H groups in total. The van der Waals surface area contributed by atoms with Gasteiger partial charge in [-0.1, -0.05) is 37.3 Å². The summed E-state index contributed by atoms with van der Waals surface area (Å²) in [6.45, 7) is 5.28. The lowest BCUT2D eigenvalue weighted by molar-refractivity contribution is -0.0224. The number of anilines is 1. The number of piperidine rings is 1. The van der Waals surface area contributed by atoms with E-state index in [2.05, 4.69) is 39.4 Å². The number of nitrogens with one attached hydrogen (secondary N) is 1. The second kappa shape index (κ2) is 9.33. The van der Waals surface area contributed by atoms with Crippen LogP contribution in [0.1, 0.15) is 37.3 Å². The van der Waals surface area contributed by atoms with Crippen LogP contribution in [0.4, 0.5) is 5.95 Å². The number of benzene rings is 1. The Morgan fingerprint density at radius 2 is 1.94 bits per heavy atom. The molecule has 0 amide bonds. The van der Waals surface area contributed by atoms with Gasteiger partial charge in [0, 0.05) is 44.4 Å². The maximum atomic E-state index is 11.1. The average Bonchev–Trinajstić information content (AvgIpc) is 3.51. The van der Waals surface area contributed by atoms with Crippen molar-refractivity contribution in [2.24, 2.45) is 0 Å². The monoisotopic (exact) mass is 446 g/mol. The van der Waals surface area contributed by atoms with E-state index in [-0.39, 0.29) is 0 Å². The van der Waals surface area contributed by atoms with Crippen molar-refractivity contribution in [2.75, 3.05) is 25.0 Å². The molecule has 0 bridgehead atoms. The molecule has 8 heteroatoms. The fraction of sp³-hybridized carbons (Fsp3) is 0.400. The molecule has 33 heavy (non-hydrogen) atoms. The van der Waals surface area contributed by atoms with Gasteiger partial charge in [0.15, 0.2) is 11.4 Å². The zero-order chi connectivity index (χ0) is 22.7. The molecule has 8 nitrogen and oxygen atoms in total. The van der Waals surface area contributed by atoms with Crippen molar-refractivity contribution in [3.8, 4) is 11.6 Å². The van der Waals surface area contributed by atoms with Gasteiger partial charge in [0.25, 0.3) is 0 Å². The van der Waals surface area contributed by atoms with E-state index in [1.165, 1.54) is 5.56 Å². The Morgan fingerprint density at radius 3 is 2.67 bits per heavy atom. The number of aliphatic hydroxyl groups is 1. The number of rotatable bonds is 8. The number of aromatic nitrogens is 4. The van der Waals surface area contributed by atoms with Gasteiger partial charge in [-0.15, -0.1) is 5.10 Å². The van der Waals surface area contributed by atoms with Crippen LogP contribution in [-0.4, -0.2) is 54.8 Å². The summed E-state index contributed by atoms with van der Waals surface area (Å²) in [7, 11) is 0. The maximum Gasteiger partial charge on any atom is 0.225 e. The van der Waals surface area contributed by atoms with E-state index in [1.807, 2.05) is 36.5 Å². The topological polar surface area (TPSA) is 91.7 Å². The first-order valence-electron chi connectivity index (χ1n) is 11.6. The van der Waals surface area contributed by atoms with Crippen LogP contribution in [-0.2, 0) is 13.0 Å². The van der Waals surface area contributed by atoms with Crippen molar-refractivity contribution in [3.63, 3.8) is 0 Å². The standard InChI is InChI=1S/C25H30N6O2/c1-2-12-26-24-27-17-20(23-28-22(29-31(23)24)21-9-6-15-33-21)18-30-13-10-25(32,11-14-30)16-19-7-4-3-5-8-19/h3-9,15,17,32H,2,10-14,16,18H2,1H3,(H,26,27). The summed E-state index contributed by atoms with van der Waals surface area (Å²) < 4.78 is 7.29. The lowest BCUT2D eigenvalue weighted by Crippen LogP contribution is -2.45. The number of fused-ring (bicyclic) bond motifs is 1. The Morgan fingerprint density at radius 1 is 1.12 bits per heavy atom. The summed E-state index contributed by atoms with van der Waals surface area (Å²) in [6, 6.07) is 13.9. The lowest BCUT2D eigenvalue weighted by Gasteiger charge is -2.38. The van der Waals surface area contributed by atoms with E-state index in [0.717, 1.165) is 50.1 Å². The molecule has 1 aromatic carbocycles. The second-order valence-corrected chi connectivity index (χ2v) is 8.84. The molecular formula is C25H30N6O2. The zero-order valence-electron chi connectivity index (χ0n) is 18.9. The van der Waals surface area contributed by atoms with Gasteiger partial charge in [0.05, 0.1) is 11.9 Å². The Hall–Kier alpha value is -3.23. The van der Waals surface area contributed by atoms with Crippen LogP contribution in [0.2, 0.25) is 0 Å². The Kier molecular flexibility index (Phi) is 6.11. The minimum absolute atomic E-state index is 0.546. The van der Waals surface area contributed by atoms with Gasteiger partial charge in [0.2, 0.25) is 11.8 Å². The molecule has 4 aromatic rings. The predicted octanol–water partition coefficient (Wildman–Crippen LogP) is 3.78. The van der Waals surface area contributed by atoms with E-state index >= 15 is 0 Å². The second-order valence-electron chi connectivity index (χ2n) is 8.84. The van der Waals surface area contributed by atoms with Gasteiger partial charge in [0.1, 0.15) is 0 Å². The number of nitrogens with zero attached hydrogens (tertiary/aromatic N) is 5. The highest BCUT2D eigenvalue weighted by molar-refractivity contribution is 5.57. The fourth-order valence-electron chi connectivity index (χ4n) is 4.42. The first-order valence-corrected chi connectivity index (χ1v) is 11.6. The van der Waals surface area contributed by atoms with Crippen LogP contribution in [0.15, 0.2) is 59.3 Å². The van der Waals surface area contributed by atoms with Crippen LogP contribution < -0.4 is 5.32 Å². The SMILES string of the molecule is CCCNc1ncc(CN2CCC(O)(Cc3ccccc3)CC2)c2nc(-c3ccco3)nn12. The first kappa shape index (κ1) is 21.6. The number of furan rings is 1. The summed E-state index contributed by atoms with van der Waals surface area (Å²) in [5.74, 6) is 1.86. The molecule has 5 rings (SSSR count). The Labute approximate surface area is 193 Å². The van der Waals surface area contributed by atoms with Crippen LogP contribution >= 0.6 is 0 Å². The van der Waals surface area contributed by atoms with Crippen molar-refractivity contribution in [1.29, 1.82) is 0 Å². The van der Waals surface area contributed by atoms with Gasteiger partial charge in [-0.2, -0.15) is 4.52 Å². The summed E-state index contributed by atoms with van der Waals surface area (Å²) in [5, 5.41) is 19.1. The molecule has 0 radical (unpaired) electrons. The van der Waals surface area contributed by atoms with Crippen molar-refractivity contribution in [2.45, 2.75) is 44.8 Å². The molecule has 3 aromatic heterocycles. The predicted molar refractivity (Wildman–Crippen MR) is 127 cm³/mol. The summed E-state index contributed by atoms with van der Waals surface area (Å²) in [4.78, 5) is 11.8. The molecule has 172 valence electrons. The Balaban J connectivity index is 1.34. The minimum atomic E-state index is -0.652. The molecule has 0 aliphatic carbocycles.